The number of halogens is 2. The summed E-state index contributed by atoms with van der Waals surface area (Å²) in [6.07, 6.45) is 3.08. The Bertz CT molecular complexity index is 354. The molecule has 2 heterocycles. The van der Waals surface area contributed by atoms with Crippen molar-refractivity contribution in [3.8, 4) is 0 Å². The second kappa shape index (κ2) is 6.12. The zero-order chi connectivity index (χ0) is 11.4. The van der Waals surface area contributed by atoms with Crippen molar-refractivity contribution in [1.82, 2.24) is 4.98 Å². The summed E-state index contributed by atoms with van der Waals surface area (Å²) in [4.78, 5) is 6.85. The van der Waals surface area contributed by atoms with Gasteiger partial charge in [-0.25, -0.2) is 4.98 Å². The fourth-order valence-electron chi connectivity index (χ4n) is 1.81. The third-order valence-corrected chi connectivity index (χ3v) is 4.35. The standard InChI is InChI=1S/C11H14BrClN2S/c12-10-6-9(7-13)11(14-8-10)15-2-1-4-16-5-3-15/h6,8H,1-5,7H2. The SMILES string of the molecule is ClCc1cc(Br)cnc1N1CCCSCC1. The van der Waals surface area contributed by atoms with Gasteiger partial charge in [-0.2, -0.15) is 11.8 Å². The predicted molar refractivity (Wildman–Crippen MR) is 75.6 cm³/mol. The molecule has 0 N–H and O–H groups in total. The zero-order valence-corrected chi connectivity index (χ0v) is 12.1. The van der Waals surface area contributed by atoms with Gasteiger partial charge in [0.15, 0.2) is 0 Å². The van der Waals surface area contributed by atoms with Crippen molar-refractivity contribution in [3.05, 3.63) is 22.3 Å². The van der Waals surface area contributed by atoms with Gasteiger partial charge in [-0.05, 0) is 34.2 Å². The van der Waals surface area contributed by atoms with Crippen molar-refractivity contribution in [2.45, 2.75) is 12.3 Å². The summed E-state index contributed by atoms with van der Waals surface area (Å²) in [7, 11) is 0. The Hall–Kier alpha value is 0.0700. The molecule has 2 nitrogen and oxygen atoms in total. The first-order valence-corrected chi connectivity index (χ1v) is 7.82. The highest BCUT2D eigenvalue weighted by Crippen LogP contribution is 2.25. The number of rotatable bonds is 2. The van der Waals surface area contributed by atoms with Crippen LogP contribution in [0.1, 0.15) is 12.0 Å². The first-order valence-electron chi connectivity index (χ1n) is 5.34. The number of thioether (sulfide) groups is 1. The van der Waals surface area contributed by atoms with E-state index in [0.717, 1.165) is 28.9 Å². The quantitative estimate of drug-likeness (QED) is 0.775. The lowest BCUT2D eigenvalue weighted by molar-refractivity contribution is 0.796. The molecular formula is C11H14BrClN2S. The minimum atomic E-state index is 0.519. The Morgan fingerprint density at radius 3 is 3.12 bits per heavy atom. The van der Waals surface area contributed by atoms with Crippen molar-refractivity contribution < 1.29 is 0 Å². The number of aromatic nitrogens is 1. The molecule has 0 aromatic carbocycles. The van der Waals surface area contributed by atoms with Crippen LogP contribution >= 0.6 is 39.3 Å². The van der Waals surface area contributed by atoms with E-state index in [1.807, 2.05) is 18.0 Å². The topological polar surface area (TPSA) is 16.1 Å². The third kappa shape index (κ3) is 3.05. The van der Waals surface area contributed by atoms with E-state index in [2.05, 4.69) is 31.9 Å². The highest BCUT2D eigenvalue weighted by atomic mass is 79.9. The van der Waals surface area contributed by atoms with Gasteiger partial charge in [-0.1, -0.05) is 0 Å². The van der Waals surface area contributed by atoms with E-state index in [0.29, 0.717) is 5.88 Å². The Balaban J connectivity index is 2.23. The van der Waals surface area contributed by atoms with Crippen LogP contribution in [-0.4, -0.2) is 29.6 Å². The molecule has 0 bridgehead atoms. The van der Waals surface area contributed by atoms with Gasteiger partial charge in [-0.15, -0.1) is 11.6 Å². The van der Waals surface area contributed by atoms with Gasteiger partial charge in [0.25, 0.3) is 0 Å². The van der Waals surface area contributed by atoms with E-state index in [4.69, 9.17) is 11.6 Å². The van der Waals surface area contributed by atoms with Crippen LogP contribution in [0.2, 0.25) is 0 Å². The number of pyridine rings is 1. The van der Waals surface area contributed by atoms with Gasteiger partial charge < -0.3 is 4.90 Å². The Kier molecular flexibility index (Phi) is 4.79. The summed E-state index contributed by atoms with van der Waals surface area (Å²) in [6.45, 7) is 2.16. The molecule has 1 saturated heterocycles. The third-order valence-electron chi connectivity index (χ3n) is 2.58. The van der Waals surface area contributed by atoms with Crippen molar-refractivity contribution in [2.24, 2.45) is 0 Å². The maximum Gasteiger partial charge on any atom is 0.133 e. The predicted octanol–water partition coefficient (Wildman–Crippen LogP) is 3.53. The molecule has 0 amide bonds. The lowest BCUT2D eigenvalue weighted by atomic mass is 10.2. The lowest BCUT2D eigenvalue weighted by Crippen LogP contribution is -2.27. The summed E-state index contributed by atoms with van der Waals surface area (Å²) in [5, 5.41) is 0. The fraction of sp³-hybridized carbons (Fsp3) is 0.545. The molecule has 0 atom stereocenters. The summed E-state index contributed by atoms with van der Waals surface area (Å²) in [5.41, 5.74) is 1.11. The second-order valence-electron chi connectivity index (χ2n) is 3.72. The molecule has 0 spiro atoms. The monoisotopic (exact) mass is 320 g/mol. The van der Waals surface area contributed by atoms with Gasteiger partial charge in [0.05, 0.1) is 5.88 Å². The molecule has 1 aliphatic rings. The van der Waals surface area contributed by atoms with Crippen molar-refractivity contribution in [3.63, 3.8) is 0 Å². The normalized spacial score (nSPS) is 17.2. The average Bonchev–Trinajstić information content (AvgIpc) is 2.57. The molecule has 0 saturated carbocycles. The second-order valence-corrected chi connectivity index (χ2v) is 6.13. The zero-order valence-electron chi connectivity index (χ0n) is 8.96. The molecule has 1 aliphatic heterocycles. The number of hydrogen-bond donors (Lipinski definition) is 0. The van der Waals surface area contributed by atoms with Gasteiger partial charge in [-0.3, -0.25) is 0 Å². The van der Waals surface area contributed by atoms with Gasteiger partial charge in [0, 0.05) is 35.1 Å². The molecule has 0 unspecified atom stereocenters. The van der Waals surface area contributed by atoms with Crippen LogP contribution in [0.4, 0.5) is 5.82 Å². The maximum atomic E-state index is 5.97. The summed E-state index contributed by atoms with van der Waals surface area (Å²) in [6, 6.07) is 2.06. The van der Waals surface area contributed by atoms with Crippen molar-refractivity contribution in [1.29, 1.82) is 0 Å². The van der Waals surface area contributed by atoms with Gasteiger partial charge >= 0.3 is 0 Å². The van der Waals surface area contributed by atoms with E-state index >= 15 is 0 Å². The van der Waals surface area contributed by atoms with Crippen LogP contribution in [0, 0.1) is 0 Å². The fourth-order valence-corrected chi connectivity index (χ4v) is 3.28. The first kappa shape index (κ1) is 12.5. The molecule has 0 aliphatic carbocycles. The van der Waals surface area contributed by atoms with E-state index in [-0.39, 0.29) is 0 Å². The minimum Gasteiger partial charge on any atom is -0.356 e. The highest BCUT2D eigenvalue weighted by Gasteiger charge is 2.14. The minimum absolute atomic E-state index is 0.519. The summed E-state index contributed by atoms with van der Waals surface area (Å²) in [5.74, 6) is 4.01. The molecule has 2 rings (SSSR count). The molecular weight excluding hydrogens is 308 g/mol. The van der Waals surface area contributed by atoms with Crippen LogP contribution in [0.5, 0.6) is 0 Å². The van der Waals surface area contributed by atoms with Crippen molar-refractivity contribution in [2.75, 3.05) is 29.5 Å². The number of nitrogens with zero attached hydrogens (tertiary/aromatic N) is 2. The van der Waals surface area contributed by atoms with Crippen LogP contribution in [-0.2, 0) is 5.88 Å². The van der Waals surface area contributed by atoms with Crippen LogP contribution in [0.25, 0.3) is 0 Å². The van der Waals surface area contributed by atoms with E-state index in [9.17, 15) is 0 Å². The summed E-state index contributed by atoms with van der Waals surface area (Å²) >= 11 is 11.4. The van der Waals surface area contributed by atoms with E-state index in [1.165, 1.54) is 17.9 Å². The molecule has 88 valence electrons. The molecule has 0 radical (unpaired) electrons. The molecule has 1 aromatic heterocycles. The first-order chi connectivity index (χ1) is 7.81. The lowest BCUT2D eigenvalue weighted by Gasteiger charge is -2.23. The highest BCUT2D eigenvalue weighted by molar-refractivity contribution is 9.10. The number of alkyl halides is 1. The molecule has 5 heteroatoms. The number of anilines is 1. The van der Waals surface area contributed by atoms with Crippen LogP contribution in [0.3, 0.4) is 0 Å². The molecule has 1 aromatic rings. The largest absolute Gasteiger partial charge is 0.356 e. The Morgan fingerprint density at radius 1 is 1.44 bits per heavy atom. The molecule has 16 heavy (non-hydrogen) atoms. The van der Waals surface area contributed by atoms with E-state index in [1.54, 1.807) is 0 Å². The smallest absolute Gasteiger partial charge is 0.133 e. The Labute approximate surface area is 114 Å². The van der Waals surface area contributed by atoms with E-state index < -0.39 is 0 Å². The average molecular weight is 322 g/mol. The maximum absolute atomic E-state index is 5.97. The van der Waals surface area contributed by atoms with Gasteiger partial charge in [0.1, 0.15) is 5.82 Å². The number of hydrogen-bond acceptors (Lipinski definition) is 3. The summed E-state index contributed by atoms with van der Waals surface area (Å²) < 4.78 is 0.996. The van der Waals surface area contributed by atoms with Crippen LogP contribution in [0.15, 0.2) is 16.7 Å². The van der Waals surface area contributed by atoms with Crippen LogP contribution < -0.4 is 4.90 Å². The Morgan fingerprint density at radius 2 is 2.31 bits per heavy atom. The van der Waals surface area contributed by atoms with Crippen molar-refractivity contribution >= 4 is 45.1 Å². The van der Waals surface area contributed by atoms with Gasteiger partial charge in [0.2, 0.25) is 0 Å². The molecule has 1 fully saturated rings.